The minimum atomic E-state index is -0.543. The molecule has 0 atom stereocenters. The monoisotopic (exact) mass is 514 g/mol. The van der Waals surface area contributed by atoms with E-state index in [2.05, 4.69) is 21.0 Å². The normalized spacial score (nSPS) is 11.9. The Morgan fingerprint density at radius 1 is 1.08 bits per heavy atom. The van der Waals surface area contributed by atoms with Crippen molar-refractivity contribution in [1.29, 1.82) is 0 Å². The quantitative estimate of drug-likeness (QED) is 0.273. The average molecular weight is 515 g/mol. The number of benzene rings is 2. The van der Waals surface area contributed by atoms with Crippen LogP contribution in [0.3, 0.4) is 0 Å². The van der Waals surface area contributed by atoms with Gasteiger partial charge in [-0.1, -0.05) is 18.2 Å². The van der Waals surface area contributed by atoms with Gasteiger partial charge in [-0.3, -0.25) is 4.79 Å². The molecule has 0 spiro atoms. The predicted octanol–water partition coefficient (Wildman–Crippen LogP) is 3.23. The van der Waals surface area contributed by atoms with Crippen molar-refractivity contribution in [2.75, 3.05) is 18.0 Å². The molecular weight excluding hydrogens is 484 g/mol. The second-order valence-corrected chi connectivity index (χ2v) is 10.1. The number of nitrogens with zero attached hydrogens (tertiary/aromatic N) is 5. The van der Waals surface area contributed by atoms with E-state index in [0.29, 0.717) is 53.2 Å². The van der Waals surface area contributed by atoms with Crippen molar-refractivity contribution >= 4 is 39.9 Å². The van der Waals surface area contributed by atoms with Crippen molar-refractivity contribution in [2.24, 2.45) is 5.73 Å². The first-order chi connectivity index (χ1) is 18.1. The summed E-state index contributed by atoms with van der Waals surface area (Å²) >= 11 is 0. The highest BCUT2D eigenvalue weighted by atomic mass is 16.6. The minimum Gasteiger partial charge on any atom is -0.460 e. The van der Waals surface area contributed by atoms with Gasteiger partial charge in [-0.25, -0.2) is 14.6 Å². The van der Waals surface area contributed by atoms with Gasteiger partial charge in [-0.2, -0.15) is 10.1 Å². The molecule has 0 unspecified atom stereocenters. The molecule has 0 bridgehead atoms. The molecule has 0 saturated heterocycles. The van der Waals surface area contributed by atoms with Gasteiger partial charge in [0.15, 0.2) is 11.2 Å². The lowest BCUT2D eigenvalue weighted by Crippen LogP contribution is -2.25. The van der Waals surface area contributed by atoms with Gasteiger partial charge in [0.25, 0.3) is 6.01 Å². The van der Waals surface area contributed by atoms with Crippen LogP contribution >= 0.6 is 0 Å². The summed E-state index contributed by atoms with van der Waals surface area (Å²) in [5.41, 5.74) is 23.4. The summed E-state index contributed by atoms with van der Waals surface area (Å²) in [4.78, 5) is 25.3. The van der Waals surface area contributed by atoms with Crippen LogP contribution in [0.1, 0.15) is 37.5 Å². The molecule has 0 radical (unpaired) electrons. The van der Waals surface area contributed by atoms with E-state index >= 15 is 0 Å². The predicted molar refractivity (Wildman–Crippen MR) is 145 cm³/mol. The third-order valence-corrected chi connectivity index (χ3v) is 6.01. The van der Waals surface area contributed by atoms with Crippen molar-refractivity contribution < 1.29 is 13.9 Å². The maximum Gasteiger partial charge on any atom is 0.310 e. The molecule has 3 heterocycles. The van der Waals surface area contributed by atoms with Gasteiger partial charge in [-0.15, -0.1) is 0 Å². The molecule has 0 aliphatic carbocycles. The van der Waals surface area contributed by atoms with Crippen LogP contribution in [0, 0.1) is 0 Å². The molecule has 5 aromatic rings. The lowest BCUT2D eigenvalue weighted by Gasteiger charge is -2.20. The molecule has 3 aromatic heterocycles. The number of nitrogens with two attached hydrogens (primary N) is 3. The number of fused-ring (bicyclic) bond motifs is 2. The third kappa shape index (κ3) is 5.14. The number of oxazole rings is 1. The number of rotatable bonds is 7. The Bertz CT molecular complexity index is 1650. The first-order valence-electron chi connectivity index (χ1n) is 12.3. The van der Waals surface area contributed by atoms with Crippen LogP contribution in [0.15, 0.2) is 47.1 Å². The summed E-state index contributed by atoms with van der Waals surface area (Å²) in [7, 11) is 0. The lowest BCUT2D eigenvalue weighted by molar-refractivity contribution is -0.153. The number of hydrogen-bond donors (Lipinski definition) is 3. The van der Waals surface area contributed by atoms with E-state index in [1.165, 1.54) is 6.33 Å². The fourth-order valence-corrected chi connectivity index (χ4v) is 4.48. The molecular formula is C27H30N8O3. The van der Waals surface area contributed by atoms with Gasteiger partial charge in [0.2, 0.25) is 0 Å². The summed E-state index contributed by atoms with van der Waals surface area (Å²) in [6.45, 7) is 6.45. The minimum absolute atomic E-state index is 0.0961. The maximum atomic E-state index is 12.4. The maximum absolute atomic E-state index is 12.4. The molecule has 0 fully saturated rings. The molecule has 196 valence electrons. The van der Waals surface area contributed by atoms with Gasteiger partial charge in [-0.05, 0) is 68.6 Å². The SMILES string of the molecule is CC(C)(C)OC(=O)Cc1ccc(Cn2nc(-c3ccc4oc(N)nc4c3)c3c(N)ncnc32)cc1CCN. The van der Waals surface area contributed by atoms with Crippen molar-refractivity contribution in [2.45, 2.75) is 45.8 Å². The fraction of sp³-hybridized carbons (Fsp3) is 0.296. The Morgan fingerprint density at radius 3 is 2.66 bits per heavy atom. The van der Waals surface area contributed by atoms with E-state index in [0.717, 1.165) is 22.3 Å². The Kier molecular flexibility index (Phi) is 6.45. The zero-order valence-corrected chi connectivity index (χ0v) is 21.6. The number of carbonyl (C=O) groups is 1. The largest absolute Gasteiger partial charge is 0.460 e. The molecule has 11 nitrogen and oxygen atoms in total. The van der Waals surface area contributed by atoms with Gasteiger partial charge >= 0.3 is 5.97 Å². The highest BCUT2D eigenvalue weighted by molar-refractivity contribution is 5.99. The van der Waals surface area contributed by atoms with Crippen LogP contribution in [0.5, 0.6) is 0 Å². The van der Waals surface area contributed by atoms with E-state index in [1.807, 2.05) is 45.0 Å². The van der Waals surface area contributed by atoms with Crippen LogP contribution in [0.2, 0.25) is 0 Å². The van der Waals surface area contributed by atoms with Crippen molar-refractivity contribution in [1.82, 2.24) is 24.7 Å². The van der Waals surface area contributed by atoms with Crippen LogP contribution in [0.4, 0.5) is 11.8 Å². The van der Waals surface area contributed by atoms with E-state index in [4.69, 9.17) is 31.5 Å². The fourth-order valence-electron chi connectivity index (χ4n) is 4.48. The van der Waals surface area contributed by atoms with Crippen molar-refractivity contribution in [3.8, 4) is 11.3 Å². The van der Waals surface area contributed by atoms with E-state index in [1.54, 1.807) is 10.7 Å². The number of carbonyl (C=O) groups excluding carboxylic acids is 1. The Balaban J connectivity index is 1.51. The van der Waals surface area contributed by atoms with Gasteiger partial charge < -0.3 is 26.4 Å². The highest BCUT2D eigenvalue weighted by Gasteiger charge is 2.20. The standard InChI is InChI=1S/C27H30N8O3/c1-27(2,3)38-21(36)12-16-5-4-15(10-17(16)8-9-28)13-35-25-22(24(29)31-14-32-25)23(34-35)18-6-7-20-19(11-18)33-26(30)37-20/h4-7,10-11,14H,8-9,12-13,28H2,1-3H3,(H2,30,33)(H2,29,31,32). The lowest BCUT2D eigenvalue weighted by atomic mass is 9.98. The summed E-state index contributed by atoms with van der Waals surface area (Å²) in [6, 6.07) is 11.6. The molecule has 0 aliphatic heterocycles. The molecule has 0 amide bonds. The number of aromatic nitrogens is 5. The Hall–Kier alpha value is -4.51. The zero-order valence-electron chi connectivity index (χ0n) is 21.6. The van der Waals surface area contributed by atoms with E-state index in [-0.39, 0.29) is 18.4 Å². The van der Waals surface area contributed by atoms with Crippen LogP contribution in [-0.2, 0) is 28.9 Å². The number of nitrogen functional groups attached to an aromatic ring is 2. The van der Waals surface area contributed by atoms with E-state index < -0.39 is 5.60 Å². The molecule has 2 aromatic carbocycles. The molecule has 6 N–H and O–H groups in total. The molecule has 5 rings (SSSR count). The van der Waals surface area contributed by atoms with Crippen LogP contribution in [-0.4, -0.2) is 42.8 Å². The molecule has 11 heteroatoms. The molecule has 38 heavy (non-hydrogen) atoms. The Labute approximate surface area is 219 Å². The van der Waals surface area contributed by atoms with Crippen LogP contribution < -0.4 is 17.2 Å². The van der Waals surface area contributed by atoms with Crippen molar-refractivity contribution in [3.05, 3.63) is 59.4 Å². The molecule has 0 aliphatic rings. The van der Waals surface area contributed by atoms with Crippen LogP contribution in [0.25, 0.3) is 33.4 Å². The first-order valence-corrected chi connectivity index (χ1v) is 12.3. The average Bonchev–Trinajstić information content (AvgIpc) is 3.39. The van der Waals surface area contributed by atoms with Gasteiger partial charge in [0.1, 0.15) is 29.0 Å². The summed E-state index contributed by atoms with van der Waals surface area (Å²) in [6.07, 6.45) is 2.23. The van der Waals surface area contributed by atoms with Gasteiger partial charge in [0, 0.05) is 5.56 Å². The molecule has 0 saturated carbocycles. The second-order valence-electron chi connectivity index (χ2n) is 10.1. The second kappa shape index (κ2) is 9.75. The van der Waals surface area contributed by atoms with E-state index in [9.17, 15) is 4.79 Å². The smallest absolute Gasteiger partial charge is 0.310 e. The number of anilines is 2. The van der Waals surface area contributed by atoms with Crippen molar-refractivity contribution in [3.63, 3.8) is 0 Å². The first kappa shape index (κ1) is 25.2. The number of hydrogen-bond acceptors (Lipinski definition) is 10. The summed E-state index contributed by atoms with van der Waals surface area (Å²) in [5, 5.41) is 5.51. The topological polar surface area (TPSA) is 174 Å². The third-order valence-electron chi connectivity index (χ3n) is 6.01. The Morgan fingerprint density at radius 2 is 1.89 bits per heavy atom. The number of ether oxygens (including phenoxy) is 1. The zero-order chi connectivity index (χ0) is 27.0. The summed E-state index contributed by atoms with van der Waals surface area (Å²) in [5.74, 6) is 0.0526. The highest BCUT2D eigenvalue weighted by Crippen LogP contribution is 2.32. The number of esters is 1. The van der Waals surface area contributed by atoms with Gasteiger partial charge in [0.05, 0.1) is 18.4 Å². The summed E-state index contributed by atoms with van der Waals surface area (Å²) < 4.78 is 12.7.